The summed E-state index contributed by atoms with van der Waals surface area (Å²) in [5.41, 5.74) is 0. The fraction of sp³-hybridized carbons (Fsp3) is 0.929. The number of carbonyl (C=O) groups is 2. The molecule has 0 saturated carbocycles. The Balaban J connectivity index is 3.85. The Bertz CT molecular complexity index is 445. The molecule has 0 rings (SSSR count). The highest BCUT2D eigenvalue weighted by molar-refractivity contribution is 7.99. The predicted molar refractivity (Wildman–Crippen MR) is 145 cm³/mol. The van der Waals surface area contributed by atoms with Gasteiger partial charge < -0.3 is 10.1 Å². The Morgan fingerprint density at radius 1 is 0.667 bits per heavy atom. The Labute approximate surface area is 210 Å². The third-order valence-electron chi connectivity index (χ3n) is 6.09. The normalized spacial score (nSPS) is 12.0. The minimum atomic E-state index is -0.514. The summed E-state index contributed by atoms with van der Waals surface area (Å²) >= 11 is 1.76. The van der Waals surface area contributed by atoms with Crippen LogP contribution in [0.5, 0.6) is 0 Å². The number of hydrogen-bond acceptors (Lipinski definition) is 4. The van der Waals surface area contributed by atoms with Crippen LogP contribution in [0.4, 0.5) is 0 Å². The number of ether oxygens (including phenoxy) is 1. The van der Waals surface area contributed by atoms with Crippen molar-refractivity contribution >= 4 is 23.6 Å². The highest BCUT2D eigenvalue weighted by Gasteiger charge is 2.21. The zero-order valence-electron chi connectivity index (χ0n) is 22.3. The van der Waals surface area contributed by atoms with Crippen molar-refractivity contribution < 1.29 is 14.3 Å². The molecule has 0 aliphatic rings. The fourth-order valence-corrected chi connectivity index (χ4v) is 5.02. The van der Waals surface area contributed by atoms with Crippen LogP contribution >= 0.6 is 11.8 Å². The first-order valence-electron chi connectivity index (χ1n) is 14.2. The first-order valence-corrected chi connectivity index (χ1v) is 15.3. The van der Waals surface area contributed by atoms with E-state index < -0.39 is 6.04 Å². The predicted octanol–water partition coefficient (Wildman–Crippen LogP) is 8.22. The highest BCUT2D eigenvalue weighted by atomic mass is 32.2. The molecule has 0 aromatic rings. The topological polar surface area (TPSA) is 55.4 Å². The molecule has 0 aliphatic carbocycles. The van der Waals surface area contributed by atoms with Gasteiger partial charge in [-0.3, -0.25) is 4.79 Å². The van der Waals surface area contributed by atoms with Crippen LogP contribution in [0.3, 0.4) is 0 Å². The average Bonchev–Trinajstić information content (AvgIpc) is 2.80. The van der Waals surface area contributed by atoms with Gasteiger partial charge in [0.05, 0.1) is 6.61 Å². The SMILES string of the molecule is CCCCCCCCCCCCSCC(NC(=O)CCCCCCCCCC)C(=O)OCC. The third kappa shape index (κ3) is 22.8. The lowest BCUT2D eigenvalue weighted by Crippen LogP contribution is -2.43. The van der Waals surface area contributed by atoms with Gasteiger partial charge >= 0.3 is 5.97 Å². The van der Waals surface area contributed by atoms with E-state index in [2.05, 4.69) is 19.2 Å². The van der Waals surface area contributed by atoms with E-state index in [1.165, 1.54) is 103 Å². The van der Waals surface area contributed by atoms with Crippen LogP contribution in [0.1, 0.15) is 143 Å². The number of rotatable bonds is 25. The average molecular weight is 486 g/mol. The van der Waals surface area contributed by atoms with Gasteiger partial charge in [0.15, 0.2) is 0 Å². The highest BCUT2D eigenvalue weighted by Crippen LogP contribution is 2.14. The van der Waals surface area contributed by atoms with Gasteiger partial charge in [0, 0.05) is 12.2 Å². The van der Waals surface area contributed by atoms with Crippen molar-refractivity contribution in [3.8, 4) is 0 Å². The molecule has 0 aromatic carbocycles. The summed E-state index contributed by atoms with van der Waals surface area (Å²) < 4.78 is 5.19. The van der Waals surface area contributed by atoms with E-state index in [1.54, 1.807) is 11.8 Å². The summed E-state index contributed by atoms with van der Waals surface area (Å²) in [5, 5.41) is 2.93. The molecule has 0 radical (unpaired) electrons. The number of esters is 1. The molecule has 1 atom stereocenters. The molecule has 4 nitrogen and oxygen atoms in total. The lowest BCUT2D eigenvalue weighted by molar-refractivity contribution is -0.146. The smallest absolute Gasteiger partial charge is 0.329 e. The molecule has 0 heterocycles. The molecule has 196 valence electrons. The summed E-state index contributed by atoms with van der Waals surface area (Å²) in [4.78, 5) is 24.6. The summed E-state index contributed by atoms with van der Waals surface area (Å²) in [6.45, 7) is 6.66. The molecule has 5 heteroatoms. The van der Waals surface area contributed by atoms with E-state index in [0.717, 1.165) is 18.6 Å². The molecule has 0 spiro atoms. The van der Waals surface area contributed by atoms with Gasteiger partial charge in [0.25, 0.3) is 0 Å². The molecule has 1 N–H and O–H groups in total. The van der Waals surface area contributed by atoms with Crippen molar-refractivity contribution in [1.29, 1.82) is 0 Å². The second-order valence-electron chi connectivity index (χ2n) is 9.35. The molecule has 0 aliphatic heterocycles. The van der Waals surface area contributed by atoms with E-state index in [-0.39, 0.29) is 11.9 Å². The number of carbonyl (C=O) groups excluding carboxylic acids is 2. The van der Waals surface area contributed by atoms with Gasteiger partial charge in [0.1, 0.15) is 6.04 Å². The second kappa shape index (κ2) is 25.9. The molecule has 33 heavy (non-hydrogen) atoms. The largest absolute Gasteiger partial charge is 0.464 e. The first-order chi connectivity index (χ1) is 16.2. The van der Waals surface area contributed by atoms with Crippen molar-refractivity contribution in [2.24, 2.45) is 0 Å². The second-order valence-corrected chi connectivity index (χ2v) is 10.5. The monoisotopic (exact) mass is 485 g/mol. The molecule has 0 aromatic heterocycles. The van der Waals surface area contributed by atoms with Crippen molar-refractivity contribution in [2.75, 3.05) is 18.1 Å². The number of thioether (sulfide) groups is 1. The minimum absolute atomic E-state index is 0.0152. The summed E-state index contributed by atoms with van der Waals surface area (Å²) in [6.07, 6.45) is 23.5. The van der Waals surface area contributed by atoms with Crippen molar-refractivity contribution in [1.82, 2.24) is 5.32 Å². The summed E-state index contributed by atoms with van der Waals surface area (Å²) in [7, 11) is 0. The standard InChI is InChI=1S/C28H55NO3S/c1-4-7-9-11-13-15-16-18-20-22-24-33-25-26(28(31)32-6-3)29-27(30)23-21-19-17-14-12-10-8-5-2/h26H,4-25H2,1-3H3,(H,29,30). The summed E-state index contributed by atoms with van der Waals surface area (Å²) in [5.74, 6) is 1.34. The van der Waals surface area contributed by atoms with Crippen LogP contribution in [0.15, 0.2) is 0 Å². The van der Waals surface area contributed by atoms with Crippen LogP contribution < -0.4 is 5.32 Å². The maximum atomic E-state index is 12.3. The Morgan fingerprint density at radius 3 is 1.61 bits per heavy atom. The Morgan fingerprint density at radius 2 is 1.12 bits per heavy atom. The van der Waals surface area contributed by atoms with Crippen molar-refractivity contribution in [3.63, 3.8) is 0 Å². The minimum Gasteiger partial charge on any atom is -0.464 e. The first kappa shape index (κ1) is 32.3. The van der Waals surface area contributed by atoms with E-state index in [4.69, 9.17) is 4.74 Å². The molecule has 1 amide bonds. The molecule has 0 bridgehead atoms. The van der Waals surface area contributed by atoms with E-state index in [1.807, 2.05) is 6.92 Å². The number of unbranched alkanes of at least 4 members (excludes halogenated alkanes) is 16. The van der Waals surface area contributed by atoms with E-state index in [9.17, 15) is 9.59 Å². The fourth-order valence-electron chi connectivity index (χ4n) is 3.99. The van der Waals surface area contributed by atoms with Gasteiger partial charge in [-0.15, -0.1) is 0 Å². The van der Waals surface area contributed by atoms with Crippen molar-refractivity contribution in [2.45, 2.75) is 149 Å². The van der Waals surface area contributed by atoms with Gasteiger partial charge in [-0.25, -0.2) is 4.79 Å². The Kier molecular flexibility index (Phi) is 25.3. The van der Waals surface area contributed by atoms with Gasteiger partial charge in [-0.2, -0.15) is 11.8 Å². The molecule has 0 fully saturated rings. The Hall–Kier alpha value is -0.710. The van der Waals surface area contributed by atoms with Crippen LogP contribution in [0, 0.1) is 0 Å². The lowest BCUT2D eigenvalue weighted by atomic mass is 10.1. The van der Waals surface area contributed by atoms with E-state index >= 15 is 0 Å². The number of nitrogens with one attached hydrogen (secondary N) is 1. The van der Waals surface area contributed by atoms with E-state index in [0.29, 0.717) is 18.8 Å². The van der Waals surface area contributed by atoms with Crippen LogP contribution in [-0.2, 0) is 14.3 Å². The zero-order valence-corrected chi connectivity index (χ0v) is 23.1. The quantitative estimate of drug-likeness (QED) is 0.104. The number of hydrogen-bond donors (Lipinski definition) is 1. The third-order valence-corrected chi connectivity index (χ3v) is 7.24. The molecule has 0 saturated heterocycles. The molecular formula is C28H55NO3S. The maximum Gasteiger partial charge on any atom is 0.329 e. The lowest BCUT2D eigenvalue weighted by Gasteiger charge is -2.17. The van der Waals surface area contributed by atoms with Gasteiger partial charge in [-0.05, 0) is 25.5 Å². The molecular weight excluding hydrogens is 430 g/mol. The van der Waals surface area contributed by atoms with Crippen molar-refractivity contribution in [3.05, 3.63) is 0 Å². The maximum absolute atomic E-state index is 12.3. The van der Waals surface area contributed by atoms with Gasteiger partial charge in [-0.1, -0.05) is 117 Å². The zero-order chi connectivity index (χ0) is 24.4. The van der Waals surface area contributed by atoms with Crippen LogP contribution in [-0.4, -0.2) is 36.0 Å². The van der Waals surface area contributed by atoms with Crippen LogP contribution in [0.25, 0.3) is 0 Å². The number of amides is 1. The summed E-state index contributed by atoms with van der Waals surface area (Å²) in [6, 6.07) is -0.514. The van der Waals surface area contributed by atoms with Gasteiger partial charge in [0.2, 0.25) is 5.91 Å². The molecule has 1 unspecified atom stereocenters. The van der Waals surface area contributed by atoms with Crippen LogP contribution in [0.2, 0.25) is 0 Å².